The van der Waals surface area contributed by atoms with Gasteiger partial charge in [-0.25, -0.2) is 9.97 Å². The molecule has 2 rings (SSSR count). The van der Waals surface area contributed by atoms with Crippen LogP contribution in [0.5, 0.6) is 0 Å². The number of aromatic nitrogens is 2. The van der Waals surface area contributed by atoms with E-state index in [0.29, 0.717) is 11.5 Å². The molecule has 112 valence electrons. The smallest absolute Gasteiger partial charge is 0.161 e. The molecule has 0 atom stereocenters. The van der Waals surface area contributed by atoms with Crippen molar-refractivity contribution in [2.45, 2.75) is 33.2 Å². The normalized spacial score (nSPS) is 11.2. The zero-order valence-corrected chi connectivity index (χ0v) is 13.1. The second-order valence-electron chi connectivity index (χ2n) is 5.91. The lowest BCUT2D eigenvalue weighted by molar-refractivity contribution is 0.630. The molecule has 3 N–H and O–H groups in total. The fraction of sp³-hybridized carbons (Fsp3) is 0.375. The highest BCUT2D eigenvalue weighted by Gasteiger charge is 2.18. The molecule has 0 saturated carbocycles. The van der Waals surface area contributed by atoms with Gasteiger partial charge in [-0.2, -0.15) is 0 Å². The van der Waals surface area contributed by atoms with Crippen LogP contribution in [-0.2, 0) is 0 Å². The van der Waals surface area contributed by atoms with Gasteiger partial charge >= 0.3 is 0 Å². The van der Waals surface area contributed by atoms with Crippen molar-refractivity contribution in [3.63, 3.8) is 0 Å². The molecular weight excluding hydrogens is 262 g/mol. The third kappa shape index (κ3) is 3.62. The summed E-state index contributed by atoms with van der Waals surface area (Å²) in [5.41, 5.74) is 7.80. The standard InChI is InChI=1S/C16H23N5/c1-5-21(12-9-7-6-8-10-12)15-13(17)14(18-11-19-15)20-16(2,3)4/h6-11H,5,17H2,1-4H3,(H,18,19,20). The first-order valence-electron chi connectivity index (χ1n) is 7.13. The summed E-state index contributed by atoms with van der Waals surface area (Å²) in [7, 11) is 0. The van der Waals surface area contributed by atoms with Crippen LogP contribution in [0.25, 0.3) is 0 Å². The molecule has 0 unspecified atom stereocenters. The molecule has 1 aromatic carbocycles. The molecular formula is C16H23N5. The number of benzene rings is 1. The maximum Gasteiger partial charge on any atom is 0.161 e. The topological polar surface area (TPSA) is 67.1 Å². The van der Waals surface area contributed by atoms with Crippen molar-refractivity contribution in [3.05, 3.63) is 36.7 Å². The molecule has 0 aliphatic rings. The first-order chi connectivity index (χ1) is 9.92. The van der Waals surface area contributed by atoms with Gasteiger partial charge in [0, 0.05) is 17.8 Å². The van der Waals surface area contributed by atoms with Gasteiger partial charge < -0.3 is 16.0 Å². The first kappa shape index (κ1) is 15.1. The quantitative estimate of drug-likeness (QED) is 0.901. The lowest BCUT2D eigenvalue weighted by Crippen LogP contribution is -2.28. The van der Waals surface area contributed by atoms with Gasteiger partial charge in [0.2, 0.25) is 0 Å². The molecule has 5 heteroatoms. The SMILES string of the molecule is CCN(c1ccccc1)c1ncnc(NC(C)(C)C)c1N. The van der Waals surface area contributed by atoms with E-state index in [9.17, 15) is 0 Å². The maximum absolute atomic E-state index is 6.28. The van der Waals surface area contributed by atoms with E-state index < -0.39 is 0 Å². The van der Waals surface area contributed by atoms with Gasteiger partial charge in [-0.15, -0.1) is 0 Å². The average molecular weight is 285 g/mol. The Morgan fingerprint density at radius 3 is 2.38 bits per heavy atom. The van der Waals surface area contributed by atoms with Crippen molar-refractivity contribution in [2.24, 2.45) is 0 Å². The summed E-state index contributed by atoms with van der Waals surface area (Å²) in [4.78, 5) is 10.7. The van der Waals surface area contributed by atoms with Crippen LogP contribution in [0.4, 0.5) is 23.0 Å². The minimum Gasteiger partial charge on any atom is -0.393 e. The largest absolute Gasteiger partial charge is 0.393 e. The van der Waals surface area contributed by atoms with E-state index >= 15 is 0 Å². The van der Waals surface area contributed by atoms with Crippen LogP contribution in [-0.4, -0.2) is 22.1 Å². The highest BCUT2D eigenvalue weighted by atomic mass is 15.2. The Morgan fingerprint density at radius 2 is 1.81 bits per heavy atom. The number of hydrogen-bond donors (Lipinski definition) is 2. The van der Waals surface area contributed by atoms with Crippen LogP contribution in [0.15, 0.2) is 36.7 Å². The molecule has 1 aromatic heterocycles. The fourth-order valence-electron chi connectivity index (χ4n) is 2.12. The van der Waals surface area contributed by atoms with E-state index in [2.05, 4.69) is 47.9 Å². The molecule has 0 aliphatic carbocycles. The number of rotatable bonds is 4. The van der Waals surface area contributed by atoms with Crippen LogP contribution < -0.4 is 16.0 Å². The Hall–Kier alpha value is -2.30. The van der Waals surface area contributed by atoms with Crippen LogP contribution in [0, 0.1) is 0 Å². The molecule has 0 fully saturated rings. The number of nitrogens with zero attached hydrogens (tertiary/aromatic N) is 3. The van der Waals surface area contributed by atoms with Crippen molar-refractivity contribution >= 4 is 23.0 Å². The van der Waals surface area contributed by atoms with Crippen molar-refractivity contribution in [3.8, 4) is 0 Å². The lowest BCUT2D eigenvalue weighted by Gasteiger charge is -2.26. The molecule has 0 radical (unpaired) electrons. The van der Waals surface area contributed by atoms with Crippen molar-refractivity contribution in [1.29, 1.82) is 0 Å². The summed E-state index contributed by atoms with van der Waals surface area (Å²) >= 11 is 0. The van der Waals surface area contributed by atoms with Gasteiger partial charge in [0.25, 0.3) is 0 Å². The summed E-state index contributed by atoms with van der Waals surface area (Å²) < 4.78 is 0. The molecule has 0 saturated heterocycles. The highest BCUT2D eigenvalue weighted by molar-refractivity contribution is 5.79. The molecule has 5 nitrogen and oxygen atoms in total. The average Bonchev–Trinajstić information content (AvgIpc) is 2.43. The summed E-state index contributed by atoms with van der Waals surface area (Å²) in [6, 6.07) is 10.1. The molecule has 0 aliphatic heterocycles. The lowest BCUT2D eigenvalue weighted by atomic mass is 10.1. The Morgan fingerprint density at radius 1 is 1.14 bits per heavy atom. The zero-order chi connectivity index (χ0) is 15.5. The van der Waals surface area contributed by atoms with Gasteiger partial charge in [-0.1, -0.05) is 18.2 Å². The third-order valence-electron chi connectivity index (χ3n) is 3.00. The second-order valence-corrected chi connectivity index (χ2v) is 5.91. The monoisotopic (exact) mass is 285 g/mol. The maximum atomic E-state index is 6.28. The summed E-state index contributed by atoms with van der Waals surface area (Å²) in [5.74, 6) is 1.40. The van der Waals surface area contributed by atoms with Crippen molar-refractivity contribution < 1.29 is 0 Å². The zero-order valence-electron chi connectivity index (χ0n) is 13.1. The van der Waals surface area contributed by atoms with Gasteiger partial charge in [0.1, 0.15) is 12.0 Å². The number of hydrogen-bond acceptors (Lipinski definition) is 5. The van der Waals surface area contributed by atoms with E-state index in [1.54, 1.807) is 6.33 Å². The fourth-order valence-corrected chi connectivity index (χ4v) is 2.12. The number of nitrogens with two attached hydrogens (primary N) is 1. The summed E-state index contributed by atoms with van der Waals surface area (Å²) in [6.07, 6.45) is 1.55. The molecule has 0 amide bonds. The van der Waals surface area contributed by atoms with Gasteiger partial charge in [0.05, 0.1) is 0 Å². The van der Waals surface area contributed by atoms with Crippen molar-refractivity contribution in [2.75, 3.05) is 22.5 Å². The molecule has 0 spiro atoms. The first-order valence-corrected chi connectivity index (χ1v) is 7.13. The Kier molecular flexibility index (Phi) is 4.31. The van der Waals surface area contributed by atoms with E-state index in [1.165, 1.54) is 0 Å². The Bertz CT molecular complexity index is 589. The second kappa shape index (κ2) is 5.99. The number of para-hydroxylation sites is 1. The Labute approximate surface area is 126 Å². The van der Waals surface area contributed by atoms with Crippen LogP contribution in [0.2, 0.25) is 0 Å². The van der Waals surface area contributed by atoms with Gasteiger partial charge in [0.15, 0.2) is 11.6 Å². The van der Waals surface area contributed by atoms with E-state index in [4.69, 9.17) is 5.73 Å². The molecule has 1 heterocycles. The van der Waals surface area contributed by atoms with E-state index in [-0.39, 0.29) is 5.54 Å². The minimum atomic E-state index is -0.108. The number of nitrogen functional groups attached to an aromatic ring is 1. The number of nitrogens with one attached hydrogen (secondary N) is 1. The number of anilines is 4. The van der Waals surface area contributed by atoms with Gasteiger partial charge in [-0.3, -0.25) is 0 Å². The van der Waals surface area contributed by atoms with Crippen LogP contribution in [0.1, 0.15) is 27.7 Å². The summed E-state index contributed by atoms with van der Waals surface area (Å²) in [5, 5.41) is 3.32. The predicted molar refractivity (Wildman–Crippen MR) is 88.9 cm³/mol. The Balaban J connectivity index is 2.41. The third-order valence-corrected chi connectivity index (χ3v) is 3.00. The van der Waals surface area contributed by atoms with E-state index in [1.807, 2.05) is 30.3 Å². The minimum absolute atomic E-state index is 0.108. The van der Waals surface area contributed by atoms with Gasteiger partial charge in [-0.05, 0) is 39.8 Å². The predicted octanol–water partition coefficient (Wildman–Crippen LogP) is 3.43. The molecule has 2 aromatic rings. The van der Waals surface area contributed by atoms with Crippen LogP contribution in [0.3, 0.4) is 0 Å². The summed E-state index contributed by atoms with van der Waals surface area (Å²) in [6.45, 7) is 9.07. The highest BCUT2D eigenvalue weighted by Crippen LogP contribution is 2.32. The molecule has 21 heavy (non-hydrogen) atoms. The van der Waals surface area contributed by atoms with Crippen molar-refractivity contribution in [1.82, 2.24) is 9.97 Å². The van der Waals surface area contributed by atoms with Crippen LogP contribution >= 0.6 is 0 Å². The molecule has 0 bridgehead atoms. The van der Waals surface area contributed by atoms with E-state index in [0.717, 1.165) is 18.1 Å².